The van der Waals surface area contributed by atoms with E-state index < -0.39 is 0 Å². The third-order valence-electron chi connectivity index (χ3n) is 2.08. The lowest BCUT2D eigenvalue weighted by molar-refractivity contribution is 1.01. The lowest BCUT2D eigenvalue weighted by Gasteiger charge is -2.13. The SMILES string of the molecule is CN=C(NN)Nc1c(C)cccc1C. The molecule has 4 nitrogen and oxygen atoms in total. The summed E-state index contributed by atoms with van der Waals surface area (Å²) in [6, 6.07) is 6.10. The van der Waals surface area contributed by atoms with Gasteiger partial charge in [-0.3, -0.25) is 10.4 Å². The monoisotopic (exact) mass is 192 g/mol. The van der Waals surface area contributed by atoms with Gasteiger partial charge in [-0.15, -0.1) is 0 Å². The van der Waals surface area contributed by atoms with Crippen molar-refractivity contribution < 1.29 is 0 Å². The van der Waals surface area contributed by atoms with Crippen LogP contribution in [0.4, 0.5) is 5.69 Å². The van der Waals surface area contributed by atoms with Crippen LogP contribution in [-0.4, -0.2) is 13.0 Å². The van der Waals surface area contributed by atoms with Crippen LogP contribution in [0.15, 0.2) is 23.2 Å². The molecule has 0 aliphatic rings. The largest absolute Gasteiger partial charge is 0.325 e. The second kappa shape index (κ2) is 4.62. The summed E-state index contributed by atoms with van der Waals surface area (Å²) in [6.07, 6.45) is 0. The molecular formula is C10H16N4. The van der Waals surface area contributed by atoms with Crippen molar-refractivity contribution >= 4 is 11.6 Å². The van der Waals surface area contributed by atoms with Crippen molar-refractivity contribution in [3.05, 3.63) is 29.3 Å². The highest BCUT2D eigenvalue weighted by atomic mass is 15.3. The van der Waals surface area contributed by atoms with E-state index in [0.717, 1.165) is 5.69 Å². The number of nitrogens with two attached hydrogens (primary N) is 1. The zero-order valence-corrected chi connectivity index (χ0v) is 8.76. The van der Waals surface area contributed by atoms with Crippen molar-refractivity contribution in [3.63, 3.8) is 0 Å². The molecule has 0 aromatic heterocycles. The second-order valence-corrected chi connectivity index (χ2v) is 3.11. The van der Waals surface area contributed by atoms with E-state index in [9.17, 15) is 0 Å². The lowest BCUT2D eigenvalue weighted by atomic mass is 10.1. The van der Waals surface area contributed by atoms with E-state index in [-0.39, 0.29) is 0 Å². The van der Waals surface area contributed by atoms with Crippen molar-refractivity contribution in [2.45, 2.75) is 13.8 Å². The quantitative estimate of drug-likeness (QED) is 0.271. The van der Waals surface area contributed by atoms with Gasteiger partial charge in [-0.25, -0.2) is 5.84 Å². The highest BCUT2D eigenvalue weighted by Gasteiger charge is 2.03. The van der Waals surface area contributed by atoms with E-state index in [0.29, 0.717) is 5.96 Å². The number of hydrogen-bond donors (Lipinski definition) is 3. The predicted molar refractivity (Wildman–Crippen MR) is 60.2 cm³/mol. The summed E-state index contributed by atoms with van der Waals surface area (Å²) >= 11 is 0. The van der Waals surface area contributed by atoms with Gasteiger partial charge in [0.15, 0.2) is 0 Å². The highest BCUT2D eigenvalue weighted by molar-refractivity contribution is 5.94. The summed E-state index contributed by atoms with van der Waals surface area (Å²) in [5.74, 6) is 5.85. The molecule has 0 fully saturated rings. The number of nitrogens with zero attached hydrogens (tertiary/aromatic N) is 1. The van der Waals surface area contributed by atoms with Gasteiger partial charge in [0, 0.05) is 12.7 Å². The molecule has 4 N–H and O–H groups in total. The fourth-order valence-electron chi connectivity index (χ4n) is 1.29. The maximum absolute atomic E-state index is 5.29. The fraction of sp³-hybridized carbons (Fsp3) is 0.300. The van der Waals surface area contributed by atoms with E-state index in [2.05, 4.69) is 15.7 Å². The van der Waals surface area contributed by atoms with Crippen LogP contribution in [0, 0.1) is 13.8 Å². The first kappa shape index (κ1) is 10.5. The molecular weight excluding hydrogens is 176 g/mol. The van der Waals surface area contributed by atoms with Gasteiger partial charge in [0.1, 0.15) is 0 Å². The Balaban J connectivity index is 2.96. The lowest BCUT2D eigenvalue weighted by Crippen LogP contribution is -2.36. The zero-order chi connectivity index (χ0) is 10.6. The Morgan fingerprint density at radius 1 is 1.29 bits per heavy atom. The molecule has 0 saturated heterocycles. The van der Waals surface area contributed by atoms with Crippen LogP contribution >= 0.6 is 0 Å². The van der Waals surface area contributed by atoms with Crippen LogP contribution in [0.5, 0.6) is 0 Å². The summed E-state index contributed by atoms with van der Waals surface area (Å²) < 4.78 is 0. The second-order valence-electron chi connectivity index (χ2n) is 3.11. The van der Waals surface area contributed by atoms with Crippen LogP contribution in [0.25, 0.3) is 0 Å². The smallest absolute Gasteiger partial charge is 0.209 e. The maximum Gasteiger partial charge on any atom is 0.209 e. The minimum Gasteiger partial charge on any atom is -0.325 e. The van der Waals surface area contributed by atoms with Crippen molar-refractivity contribution in [2.75, 3.05) is 12.4 Å². The number of aliphatic imine (C=N–C) groups is 1. The minimum atomic E-state index is 0.558. The first-order chi connectivity index (χ1) is 6.69. The number of aryl methyl sites for hydroxylation is 2. The Morgan fingerprint density at radius 2 is 1.86 bits per heavy atom. The number of benzene rings is 1. The number of nitrogens with one attached hydrogen (secondary N) is 2. The van der Waals surface area contributed by atoms with Crippen LogP contribution < -0.4 is 16.6 Å². The van der Waals surface area contributed by atoms with Gasteiger partial charge in [-0.05, 0) is 25.0 Å². The number of guanidine groups is 1. The molecule has 0 amide bonds. The highest BCUT2D eigenvalue weighted by Crippen LogP contribution is 2.18. The molecule has 0 aliphatic carbocycles. The fourth-order valence-corrected chi connectivity index (χ4v) is 1.29. The molecule has 4 heteroatoms. The molecule has 1 rings (SSSR count). The topological polar surface area (TPSA) is 62.4 Å². The van der Waals surface area contributed by atoms with E-state index >= 15 is 0 Å². The van der Waals surface area contributed by atoms with E-state index in [1.54, 1.807) is 7.05 Å². The number of para-hydroxylation sites is 1. The summed E-state index contributed by atoms with van der Waals surface area (Å²) in [4.78, 5) is 3.95. The summed E-state index contributed by atoms with van der Waals surface area (Å²) in [5.41, 5.74) is 5.88. The predicted octanol–water partition coefficient (Wildman–Crippen LogP) is 1.16. The number of anilines is 1. The van der Waals surface area contributed by atoms with Crippen LogP contribution in [-0.2, 0) is 0 Å². The molecule has 0 saturated carbocycles. The van der Waals surface area contributed by atoms with Gasteiger partial charge in [-0.1, -0.05) is 18.2 Å². The summed E-state index contributed by atoms with van der Waals surface area (Å²) in [5, 5.41) is 3.13. The van der Waals surface area contributed by atoms with Gasteiger partial charge in [0.25, 0.3) is 0 Å². The third-order valence-corrected chi connectivity index (χ3v) is 2.08. The van der Waals surface area contributed by atoms with Gasteiger partial charge < -0.3 is 5.32 Å². The number of rotatable bonds is 1. The molecule has 1 aromatic carbocycles. The molecule has 0 bridgehead atoms. The number of hydrogen-bond acceptors (Lipinski definition) is 2. The Morgan fingerprint density at radius 3 is 2.29 bits per heavy atom. The van der Waals surface area contributed by atoms with Crippen LogP contribution in [0.2, 0.25) is 0 Å². The molecule has 0 spiro atoms. The summed E-state index contributed by atoms with van der Waals surface area (Å²) in [6.45, 7) is 4.08. The maximum atomic E-state index is 5.29. The Labute approximate surface area is 84.2 Å². The van der Waals surface area contributed by atoms with Crippen LogP contribution in [0.3, 0.4) is 0 Å². The molecule has 0 unspecified atom stereocenters. The molecule has 0 atom stereocenters. The van der Waals surface area contributed by atoms with Crippen molar-refractivity contribution in [3.8, 4) is 0 Å². The first-order valence-corrected chi connectivity index (χ1v) is 4.45. The molecule has 0 radical (unpaired) electrons. The standard InChI is InChI=1S/C10H16N4/c1-7-5-4-6-8(2)9(7)13-10(12-3)14-11/h4-6H,11H2,1-3H3,(H2,12,13,14). The molecule has 76 valence electrons. The van der Waals surface area contributed by atoms with Gasteiger partial charge in [-0.2, -0.15) is 0 Å². The van der Waals surface area contributed by atoms with E-state index in [4.69, 9.17) is 5.84 Å². The Bertz CT molecular complexity index is 324. The van der Waals surface area contributed by atoms with Gasteiger partial charge >= 0.3 is 0 Å². The number of hydrazine groups is 1. The van der Waals surface area contributed by atoms with Crippen molar-refractivity contribution in [2.24, 2.45) is 10.8 Å². The summed E-state index contributed by atoms with van der Waals surface area (Å²) in [7, 11) is 1.68. The third kappa shape index (κ3) is 2.23. The Hall–Kier alpha value is -1.55. The van der Waals surface area contributed by atoms with E-state index in [1.165, 1.54) is 11.1 Å². The van der Waals surface area contributed by atoms with Crippen molar-refractivity contribution in [1.29, 1.82) is 0 Å². The first-order valence-electron chi connectivity index (χ1n) is 4.45. The average molecular weight is 192 g/mol. The van der Waals surface area contributed by atoms with Gasteiger partial charge in [0.05, 0.1) is 0 Å². The van der Waals surface area contributed by atoms with E-state index in [1.807, 2.05) is 32.0 Å². The van der Waals surface area contributed by atoms with Crippen LogP contribution in [0.1, 0.15) is 11.1 Å². The zero-order valence-electron chi connectivity index (χ0n) is 8.76. The average Bonchev–Trinajstić information content (AvgIpc) is 2.18. The van der Waals surface area contributed by atoms with Gasteiger partial charge in [0.2, 0.25) is 5.96 Å². The molecule has 14 heavy (non-hydrogen) atoms. The Kier molecular flexibility index (Phi) is 3.48. The molecule has 1 aromatic rings. The molecule has 0 heterocycles. The normalized spacial score (nSPS) is 11.3. The molecule has 0 aliphatic heterocycles. The van der Waals surface area contributed by atoms with Crippen molar-refractivity contribution in [1.82, 2.24) is 5.43 Å². The minimum absolute atomic E-state index is 0.558.